The highest BCUT2D eigenvalue weighted by atomic mass is 16.5. The van der Waals surface area contributed by atoms with Crippen molar-refractivity contribution in [2.45, 2.75) is 13.3 Å². The van der Waals surface area contributed by atoms with Gasteiger partial charge in [-0.25, -0.2) is 0 Å². The van der Waals surface area contributed by atoms with E-state index in [-0.39, 0.29) is 5.78 Å². The molecule has 0 amide bonds. The molecule has 0 bridgehead atoms. The predicted octanol–water partition coefficient (Wildman–Crippen LogP) is 4.06. The summed E-state index contributed by atoms with van der Waals surface area (Å²) in [6, 6.07) is 11.3. The summed E-state index contributed by atoms with van der Waals surface area (Å²) >= 11 is 0. The number of aryl methyl sites for hydroxylation is 1. The van der Waals surface area contributed by atoms with Gasteiger partial charge in [-0.3, -0.25) is 4.79 Å². The third kappa shape index (κ3) is 3.00. The first kappa shape index (κ1) is 16.1. The number of hydrogen-bond acceptors (Lipinski definition) is 4. The Labute approximate surface area is 141 Å². The molecule has 0 saturated heterocycles. The van der Waals surface area contributed by atoms with Crippen LogP contribution in [0.1, 0.15) is 27.9 Å². The molecular weight excluding hydrogens is 304 g/mol. The standard InChI is InChI=1S/C20H20O4/c1-13-5-4-6-16-19(21)15(9-10-24-20(13)16)11-14-7-8-17(22-2)18(12-14)23-3/h4-8,11-12H,9-10H2,1-3H3. The van der Waals surface area contributed by atoms with Crippen LogP contribution < -0.4 is 14.2 Å². The Kier molecular flexibility index (Phi) is 4.56. The van der Waals surface area contributed by atoms with Crippen molar-refractivity contribution in [3.05, 3.63) is 58.7 Å². The van der Waals surface area contributed by atoms with Gasteiger partial charge < -0.3 is 14.2 Å². The summed E-state index contributed by atoms with van der Waals surface area (Å²) in [5, 5.41) is 0. The molecule has 0 unspecified atom stereocenters. The van der Waals surface area contributed by atoms with Crippen LogP contribution in [0.25, 0.3) is 6.08 Å². The highest BCUT2D eigenvalue weighted by Gasteiger charge is 2.22. The van der Waals surface area contributed by atoms with Gasteiger partial charge in [-0.1, -0.05) is 18.2 Å². The molecule has 2 aromatic carbocycles. The van der Waals surface area contributed by atoms with E-state index in [9.17, 15) is 4.79 Å². The van der Waals surface area contributed by atoms with Crippen molar-refractivity contribution in [1.29, 1.82) is 0 Å². The fourth-order valence-corrected chi connectivity index (χ4v) is 2.85. The van der Waals surface area contributed by atoms with Crippen molar-refractivity contribution in [2.24, 2.45) is 0 Å². The molecule has 1 aliphatic heterocycles. The van der Waals surface area contributed by atoms with Crippen molar-refractivity contribution in [3.8, 4) is 17.2 Å². The first-order valence-corrected chi connectivity index (χ1v) is 7.83. The average molecular weight is 324 g/mol. The van der Waals surface area contributed by atoms with E-state index in [1.807, 2.05) is 49.4 Å². The van der Waals surface area contributed by atoms with Crippen LogP contribution in [-0.2, 0) is 0 Å². The van der Waals surface area contributed by atoms with Crippen LogP contribution in [0, 0.1) is 6.92 Å². The molecule has 1 aliphatic rings. The minimum Gasteiger partial charge on any atom is -0.493 e. The van der Waals surface area contributed by atoms with Gasteiger partial charge in [-0.2, -0.15) is 0 Å². The highest BCUT2D eigenvalue weighted by Crippen LogP contribution is 2.32. The van der Waals surface area contributed by atoms with Crippen LogP contribution in [0.5, 0.6) is 17.2 Å². The fourth-order valence-electron chi connectivity index (χ4n) is 2.85. The van der Waals surface area contributed by atoms with Crippen LogP contribution in [0.15, 0.2) is 42.0 Å². The Balaban J connectivity index is 2.00. The second kappa shape index (κ2) is 6.79. The first-order chi connectivity index (χ1) is 11.6. The van der Waals surface area contributed by atoms with Crippen molar-refractivity contribution in [3.63, 3.8) is 0 Å². The summed E-state index contributed by atoms with van der Waals surface area (Å²) in [5.74, 6) is 2.01. The lowest BCUT2D eigenvalue weighted by Gasteiger charge is -2.09. The largest absolute Gasteiger partial charge is 0.493 e. The van der Waals surface area contributed by atoms with Gasteiger partial charge in [-0.05, 0) is 42.3 Å². The average Bonchev–Trinajstić information content (AvgIpc) is 2.76. The van der Waals surface area contributed by atoms with Crippen molar-refractivity contribution < 1.29 is 19.0 Å². The van der Waals surface area contributed by atoms with Gasteiger partial charge >= 0.3 is 0 Å². The molecule has 0 radical (unpaired) electrons. The van der Waals surface area contributed by atoms with E-state index in [1.54, 1.807) is 14.2 Å². The Morgan fingerprint density at radius 1 is 1.08 bits per heavy atom. The molecule has 124 valence electrons. The Morgan fingerprint density at radius 3 is 2.62 bits per heavy atom. The van der Waals surface area contributed by atoms with Crippen LogP contribution >= 0.6 is 0 Å². The SMILES string of the molecule is COc1ccc(C=C2CCOc3c(C)cccc3C2=O)cc1OC. The van der Waals surface area contributed by atoms with Crippen LogP contribution in [0.2, 0.25) is 0 Å². The fraction of sp³-hybridized carbons (Fsp3) is 0.250. The Hall–Kier alpha value is -2.75. The van der Waals surface area contributed by atoms with Gasteiger partial charge in [0.15, 0.2) is 17.3 Å². The molecule has 4 nitrogen and oxygen atoms in total. The van der Waals surface area contributed by atoms with Crippen molar-refractivity contribution in [1.82, 2.24) is 0 Å². The predicted molar refractivity (Wildman–Crippen MR) is 93.1 cm³/mol. The zero-order valence-corrected chi connectivity index (χ0v) is 14.1. The number of benzene rings is 2. The summed E-state index contributed by atoms with van der Waals surface area (Å²) in [7, 11) is 3.19. The number of methoxy groups -OCH3 is 2. The lowest BCUT2D eigenvalue weighted by molar-refractivity contribution is 0.103. The van der Waals surface area contributed by atoms with E-state index in [1.165, 1.54) is 0 Å². The number of ether oxygens (including phenoxy) is 3. The summed E-state index contributed by atoms with van der Waals surface area (Å²) in [6.45, 7) is 2.44. The van der Waals surface area contributed by atoms with Gasteiger partial charge in [0.1, 0.15) is 5.75 Å². The van der Waals surface area contributed by atoms with Crippen LogP contribution in [-0.4, -0.2) is 26.6 Å². The van der Waals surface area contributed by atoms with Crippen molar-refractivity contribution >= 4 is 11.9 Å². The molecule has 0 spiro atoms. The lowest BCUT2D eigenvalue weighted by atomic mass is 9.97. The molecule has 3 rings (SSSR count). The number of para-hydroxylation sites is 1. The Morgan fingerprint density at radius 2 is 1.88 bits per heavy atom. The van der Waals surface area contributed by atoms with E-state index >= 15 is 0 Å². The molecular formula is C20H20O4. The summed E-state index contributed by atoms with van der Waals surface area (Å²) in [6.07, 6.45) is 2.46. The molecule has 0 saturated carbocycles. The quantitative estimate of drug-likeness (QED) is 0.799. The summed E-state index contributed by atoms with van der Waals surface area (Å²) in [4.78, 5) is 12.9. The van der Waals surface area contributed by atoms with Gasteiger partial charge in [0, 0.05) is 12.0 Å². The topological polar surface area (TPSA) is 44.8 Å². The maximum atomic E-state index is 12.9. The monoisotopic (exact) mass is 324 g/mol. The van der Waals surface area contributed by atoms with Gasteiger partial charge in [-0.15, -0.1) is 0 Å². The van der Waals surface area contributed by atoms with Gasteiger partial charge in [0.05, 0.1) is 26.4 Å². The maximum Gasteiger partial charge on any atom is 0.192 e. The molecule has 0 aliphatic carbocycles. The smallest absolute Gasteiger partial charge is 0.192 e. The molecule has 1 heterocycles. The minimum atomic E-state index is 0.0148. The van der Waals surface area contributed by atoms with Crippen molar-refractivity contribution in [2.75, 3.05) is 20.8 Å². The van der Waals surface area contributed by atoms with E-state index in [2.05, 4.69) is 0 Å². The molecule has 4 heteroatoms. The van der Waals surface area contributed by atoms with E-state index < -0.39 is 0 Å². The number of ketones is 1. The molecule has 2 aromatic rings. The first-order valence-electron chi connectivity index (χ1n) is 7.83. The van der Waals surface area contributed by atoms with E-state index in [0.29, 0.717) is 35.8 Å². The van der Waals surface area contributed by atoms with E-state index in [0.717, 1.165) is 16.7 Å². The van der Waals surface area contributed by atoms with E-state index in [4.69, 9.17) is 14.2 Å². The summed E-state index contributed by atoms with van der Waals surface area (Å²) < 4.78 is 16.4. The normalized spacial score (nSPS) is 15.5. The number of Topliss-reactive ketones (excluding diaryl/α,β-unsaturated/α-hetero) is 1. The molecule has 0 N–H and O–H groups in total. The lowest BCUT2D eigenvalue weighted by Crippen LogP contribution is -2.02. The zero-order chi connectivity index (χ0) is 17.1. The number of carbonyl (C=O) groups excluding carboxylic acids is 1. The maximum absolute atomic E-state index is 12.9. The third-order valence-corrected chi connectivity index (χ3v) is 4.11. The molecule has 0 fully saturated rings. The summed E-state index contributed by atoms with van der Waals surface area (Å²) in [5.41, 5.74) is 3.23. The van der Waals surface area contributed by atoms with Gasteiger partial charge in [0.25, 0.3) is 0 Å². The molecule has 0 aromatic heterocycles. The molecule has 0 atom stereocenters. The number of rotatable bonds is 3. The molecule has 24 heavy (non-hydrogen) atoms. The van der Waals surface area contributed by atoms with Gasteiger partial charge in [0.2, 0.25) is 0 Å². The zero-order valence-electron chi connectivity index (χ0n) is 14.1. The minimum absolute atomic E-state index is 0.0148. The number of hydrogen-bond donors (Lipinski definition) is 0. The van der Waals surface area contributed by atoms with Crippen LogP contribution in [0.3, 0.4) is 0 Å². The second-order valence-electron chi connectivity index (χ2n) is 5.66. The number of fused-ring (bicyclic) bond motifs is 1. The second-order valence-corrected chi connectivity index (χ2v) is 5.66. The Bertz CT molecular complexity index is 805. The van der Waals surface area contributed by atoms with Crippen LogP contribution in [0.4, 0.5) is 0 Å². The highest BCUT2D eigenvalue weighted by molar-refractivity contribution is 6.13. The third-order valence-electron chi connectivity index (χ3n) is 4.11. The number of carbonyl (C=O) groups is 1.